The van der Waals surface area contributed by atoms with Crippen LogP contribution in [-0.2, 0) is 14.3 Å². The third kappa shape index (κ3) is 3.91. The van der Waals surface area contributed by atoms with E-state index in [4.69, 9.17) is 9.47 Å². The van der Waals surface area contributed by atoms with Gasteiger partial charge in [-0.25, -0.2) is 4.68 Å². The lowest BCUT2D eigenvalue weighted by atomic mass is 10.2. The van der Waals surface area contributed by atoms with Gasteiger partial charge in [0.05, 0.1) is 12.7 Å². The second-order valence-electron chi connectivity index (χ2n) is 5.03. The molecule has 1 aliphatic rings. The van der Waals surface area contributed by atoms with E-state index in [1.165, 1.54) is 10.7 Å². The molecule has 1 aromatic heterocycles. The molecular weight excluding hydrogens is 260 g/mol. The summed E-state index contributed by atoms with van der Waals surface area (Å²) < 4.78 is 11.9. The van der Waals surface area contributed by atoms with E-state index < -0.39 is 0 Å². The van der Waals surface area contributed by atoms with Gasteiger partial charge in [0.2, 0.25) is 0 Å². The molecule has 6 heteroatoms. The Morgan fingerprint density at radius 3 is 2.95 bits per heavy atom. The smallest absolute Gasteiger partial charge is 0.269 e. The summed E-state index contributed by atoms with van der Waals surface area (Å²) in [6.07, 6.45) is 2.10. The fourth-order valence-electron chi connectivity index (χ4n) is 2.23. The second-order valence-corrected chi connectivity index (χ2v) is 5.03. The average molecular weight is 280 g/mol. The number of aryl methyl sites for hydroxylation is 2. The number of aromatic nitrogens is 1. The summed E-state index contributed by atoms with van der Waals surface area (Å²) in [6.45, 7) is 4.69. The summed E-state index contributed by atoms with van der Waals surface area (Å²) in [7, 11) is 0. The van der Waals surface area contributed by atoms with Crippen molar-refractivity contribution in [2.45, 2.75) is 32.8 Å². The summed E-state index contributed by atoms with van der Waals surface area (Å²) in [5.74, 6) is -0.350. The fraction of sp³-hybridized carbons (Fsp3) is 0.571. The third-order valence-corrected chi connectivity index (χ3v) is 3.16. The van der Waals surface area contributed by atoms with E-state index in [1.807, 2.05) is 13.0 Å². The van der Waals surface area contributed by atoms with Gasteiger partial charge < -0.3 is 9.47 Å². The van der Waals surface area contributed by atoms with E-state index in [1.54, 1.807) is 6.92 Å². The minimum Gasteiger partial charge on any atom is -0.376 e. The molecule has 1 unspecified atom stereocenters. The van der Waals surface area contributed by atoms with Crippen molar-refractivity contribution >= 4 is 5.91 Å². The molecule has 1 fully saturated rings. The van der Waals surface area contributed by atoms with E-state index in [9.17, 15) is 9.59 Å². The number of carbonyl (C=O) groups is 1. The highest BCUT2D eigenvalue weighted by Gasteiger charge is 2.16. The molecule has 0 radical (unpaired) electrons. The Morgan fingerprint density at radius 2 is 2.30 bits per heavy atom. The molecule has 0 saturated carbocycles. The number of hydrogen-bond donors (Lipinski definition) is 1. The molecule has 6 nitrogen and oxygen atoms in total. The van der Waals surface area contributed by atoms with Crippen molar-refractivity contribution in [1.29, 1.82) is 0 Å². The number of nitrogens with one attached hydrogen (secondary N) is 1. The Hall–Kier alpha value is -1.66. The number of carbonyl (C=O) groups excluding carboxylic acids is 1. The Kier molecular flexibility index (Phi) is 4.92. The van der Waals surface area contributed by atoms with Crippen LogP contribution in [0.25, 0.3) is 0 Å². The summed E-state index contributed by atoms with van der Waals surface area (Å²) >= 11 is 0. The Balaban J connectivity index is 1.83. The first-order valence-corrected chi connectivity index (χ1v) is 6.76. The lowest BCUT2D eigenvalue weighted by molar-refractivity contribution is -0.122. The van der Waals surface area contributed by atoms with Gasteiger partial charge >= 0.3 is 0 Å². The summed E-state index contributed by atoms with van der Waals surface area (Å²) in [6, 6.07) is 3.30. The lowest BCUT2D eigenvalue weighted by Gasteiger charge is -2.13. The fourth-order valence-corrected chi connectivity index (χ4v) is 2.23. The standard InChI is InChI=1S/C14H20N2O4/c1-10-6-11(2)16(14(18)7-10)15-13(17)9-19-8-12-4-3-5-20-12/h6-7,12H,3-5,8-9H2,1-2H3,(H,15,17). The highest BCUT2D eigenvalue weighted by atomic mass is 16.5. The van der Waals surface area contributed by atoms with Crippen LogP contribution in [0.1, 0.15) is 24.1 Å². The number of rotatable bonds is 5. The second kappa shape index (κ2) is 6.67. The van der Waals surface area contributed by atoms with E-state index in [2.05, 4.69) is 5.43 Å². The van der Waals surface area contributed by atoms with Gasteiger partial charge in [-0.1, -0.05) is 0 Å². The molecule has 20 heavy (non-hydrogen) atoms. The monoisotopic (exact) mass is 280 g/mol. The van der Waals surface area contributed by atoms with E-state index in [0.717, 1.165) is 25.0 Å². The predicted molar refractivity (Wildman–Crippen MR) is 74.3 cm³/mol. The Bertz CT molecular complexity index is 532. The molecule has 110 valence electrons. The topological polar surface area (TPSA) is 69.6 Å². The maximum absolute atomic E-state index is 11.8. The SMILES string of the molecule is Cc1cc(C)n(NC(=O)COCC2CCCO2)c(=O)c1. The van der Waals surface area contributed by atoms with E-state index in [-0.39, 0.29) is 24.2 Å². The molecule has 1 N–H and O–H groups in total. The molecular formula is C14H20N2O4. The summed E-state index contributed by atoms with van der Waals surface area (Å²) in [5, 5.41) is 0. The van der Waals surface area contributed by atoms with Crippen molar-refractivity contribution in [1.82, 2.24) is 4.68 Å². The van der Waals surface area contributed by atoms with Crippen LogP contribution in [-0.4, -0.2) is 36.5 Å². The average Bonchev–Trinajstić information content (AvgIpc) is 2.87. The van der Waals surface area contributed by atoms with Crippen LogP contribution in [0.3, 0.4) is 0 Å². The van der Waals surface area contributed by atoms with Crippen LogP contribution >= 0.6 is 0 Å². The zero-order valence-electron chi connectivity index (χ0n) is 11.8. The summed E-state index contributed by atoms with van der Waals surface area (Å²) in [4.78, 5) is 23.5. The molecule has 2 rings (SSSR count). The Morgan fingerprint density at radius 1 is 1.50 bits per heavy atom. The number of pyridine rings is 1. The van der Waals surface area contributed by atoms with Gasteiger partial charge in [-0.2, -0.15) is 0 Å². The van der Waals surface area contributed by atoms with E-state index >= 15 is 0 Å². The van der Waals surface area contributed by atoms with Gasteiger partial charge in [-0.15, -0.1) is 0 Å². The molecule has 1 aliphatic heterocycles. The maximum Gasteiger partial charge on any atom is 0.269 e. The van der Waals surface area contributed by atoms with Gasteiger partial charge in [0.25, 0.3) is 11.5 Å². The van der Waals surface area contributed by atoms with Gasteiger partial charge in [0.1, 0.15) is 6.61 Å². The number of amides is 1. The van der Waals surface area contributed by atoms with Crippen LogP contribution in [0.5, 0.6) is 0 Å². The minimum atomic E-state index is -0.350. The molecule has 0 aromatic carbocycles. The third-order valence-electron chi connectivity index (χ3n) is 3.16. The van der Waals surface area contributed by atoms with Crippen molar-refractivity contribution in [2.24, 2.45) is 0 Å². The zero-order valence-corrected chi connectivity index (χ0v) is 11.8. The first-order chi connectivity index (χ1) is 9.56. The molecule has 0 aliphatic carbocycles. The minimum absolute atomic E-state index is 0.0837. The zero-order chi connectivity index (χ0) is 14.5. The van der Waals surface area contributed by atoms with Crippen molar-refractivity contribution < 1.29 is 14.3 Å². The maximum atomic E-state index is 11.8. The van der Waals surface area contributed by atoms with Gasteiger partial charge in [0, 0.05) is 18.4 Å². The van der Waals surface area contributed by atoms with Gasteiger partial charge in [-0.3, -0.25) is 15.0 Å². The Labute approximate surface area is 117 Å². The molecule has 1 saturated heterocycles. The highest BCUT2D eigenvalue weighted by molar-refractivity contribution is 5.84. The molecule has 1 aromatic rings. The van der Waals surface area contributed by atoms with Gasteiger partial charge in [-0.05, 0) is 38.3 Å². The molecule has 1 atom stereocenters. The number of hydrogen-bond acceptors (Lipinski definition) is 4. The van der Waals surface area contributed by atoms with Crippen LogP contribution in [0, 0.1) is 13.8 Å². The highest BCUT2D eigenvalue weighted by Crippen LogP contribution is 2.11. The van der Waals surface area contributed by atoms with Crippen molar-refractivity contribution in [3.05, 3.63) is 33.7 Å². The molecule has 2 heterocycles. The van der Waals surface area contributed by atoms with Crippen LogP contribution < -0.4 is 11.0 Å². The lowest BCUT2D eigenvalue weighted by Crippen LogP contribution is -2.36. The van der Waals surface area contributed by atoms with Crippen molar-refractivity contribution in [3.63, 3.8) is 0 Å². The number of nitrogens with zero attached hydrogens (tertiary/aromatic N) is 1. The normalized spacial score (nSPS) is 18.2. The van der Waals surface area contributed by atoms with Crippen LogP contribution in [0.4, 0.5) is 0 Å². The largest absolute Gasteiger partial charge is 0.376 e. The van der Waals surface area contributed by atoms with Crippen molar-refractivity contribution in [2.75, 3.05) is 25.2 Å². The quantitative estimate of drug-likeness (QED) is 0.863. The molecule has 1 amide bonds. The molecule has 0 bridgehead atoms. The first-order valence-electron chi connectivity index (χ1n) is 6.76. The van der Waals surface area contributed by atoms with Crippen LogP contribution in [0.2, 0.25) is 0 Å². The van der Waals surface area contributed by atoms with Gasteiger partial charge in [0.15, 0.2) is 0 Å². The number of ether oxygens (including phenoxy) is 2. The first kappa shape index (κ1) is 14.7. The van der Waals surface area contributed by atoms with Crippen LogP contribution in [0.15, 0.2) is 16.9 Å². The molecule has 0 spiro atoms. The van der Waals surface area contributed by atoms with Crippen molar-refractivity contribution in [3.8, 4) is 0 Å². The predicted octanol–water partition coefficient (Wildman–Crippen LogP) is 0.731. The van der Waals surface area contributed by atoms with E-state index in [0.29, 0.717) is 12.3 Å². The summed E-state index contributed by atoms with van der Waals surface area (Å²) in [5.41, 5.74) is 3.83.